The van der Waals surface area contributed by atoms with Crippen LogP contribution >= 0.6 is 11.6 Å². The molecule has 0 saturated carbocycles. The van der Waals surface area contributed by atoms with Gasteiger partial charge in [-0.25, -0.2) is 4.39 Å². The van der Waals surface area contributed by atoms with Crippen LogP contribution in [0, 0.1) is 5.82 Å². The van der Waals surface area contributed by atoms with Gasteiger partial charge in [-0.1, -0.05) is 23.7 Å². The summed E-state index contributed by atoms with van der Waals surface area (Å²) in [7, 11) is 0. The van der Waals surface area contributed by atoms with Crippen molar-refractivity contribution in [3.05, 3.63) is 58.9 Å². The minimum atomic E-state index is -0.505. The zero-order chi connectivity index (χ0) is 17.1. The second kappa shape index (κ2) is 7.01. The summed E-state index contributed by atoms with van der Waals surface area (Å²) >= 11 is 5.70. The van der Waals surface area contributed by atoms with Crippen LogP contribution in [0.3, 0.4) is 0 Å². The number of hydrogen-bond donors (Lipinski definition) is 1. The summed E-state index contributed by atoms with van der Waals surface area (Å²) in [6.45, 7) is 0.687. The molecule has 2 aromatic carbocycles. The second-order valence-electron chi connectivity index (χ2n) is 5.66. The fourth-order valence-corrected chi connectivity index (χ4v) is 2.87. The van der Waals surface area contributed by atoms with Crippen LogP contribution in [0.4, 0.5) is 15.8 Å². The van der Waals surface area contributed by atoms with Gasteiger partial charge in [0.25, 0.3) is 0 Å². The molecule has 2 aromatic rings. The molecule has 0 atom stereocenters. The lowest BCUT2D eigenvalue weighted by molar-refractivity contribution is -0.117. The summed E-state index contributed by atoms with van der Waals surface area (Å²) in [6.07, 6.45) is 1.30. The Morgan fingerprint density at radius 1 is 1.25 bits per heavy atom. The predicted molar refractivity (Wildman–Crippen MR) is 91.8 cm³/mol. The molecule has 4 nitrogen and oxygen atoms in total. The summed E-state index contributed by atoms with van der Waals surface area (Å²) in [5.74, 6) is -0.753. The van der Waals surface area contributed by atoms with Crippen LogP contribution in [-0.2, 0) is 16.0 Å². The Kier molecular flexibility index (Phi) is 4.81. The van der Waals surface area contributed by atoms with Crippen molar-refractivity contribution >= 4 is 34.8 Å². The molecule has 1 saturated heterocycles. The molecule has 0 radical (unpaired) electrons. The molecule has 124 valence electrons. The van der Waals surface area contributed by atoms with E-state index < -0.39 is 5.82 Å². The molecular formula is C18H16ClFN2O2. The largest absolute Gasteiger partial charge is 0.326 e. The van der Waals surface area contributed by atoms with Crippen molar-refractivity contribution in [2.24, 2.45) is 0 Å². The number of halogens is 2. The molecule has 6 heteroatoms. The van der Waals surface area contributed by atoms with Crippen LogP contribution in [0.2, 0.25) is 5.02 Å². The Bertz CT molecular complexity index is 794. The number of anilines is 2. The van der Waals surface area contributed by atoms with Gasteiger partial charge >= 0.3 is 0 Å². The summed E-state index contributed by atoms with van der Waals surface area (Å²) in [6, 6.07) is 11.3. The average molecular weight is 347 g/mol. The molecule has 1 heterocycles. The lowest BCUT2D eigenvalue weighted by Crippen LogP contribution is -2.23. The SMILES string of the molecule is O=C(Cc1ccc(Cl)cc1F)Nc1cccc(N2CCCC2=O)c1. The van der Waals surface area contributed by atoms with E-state index in [1.165, 1.54) is 12.1 Å². The van der Waals surface area contributed by atoms with Crippen LogP contribution in [-0.4, -0.2) is 18.4 Å². The summed E-state index contributed by atoms with van der Waals surface area (Å²) < 4.78 is 13.8. The van der Waals surface area contributed by atoms with Crippen molar-refractivity contribution in [1.29, 1.82) is 0 Å². The summed E-state index contributed by atoms with van der Waals surface area (Å²) in [5.41, 5.74) is 1.61. The highest BCUT2D eigenvalue weighted by Crippen LogP contribution is 2.24. The average Bonchev–Trinajstić information content (AvgIpc) is 2.96. The minimum absolute atomic E-state index is 0.0849. The Labute approximate surface area is 144 Å². The molecule has 1 N–H and O–H groups in total. The maximum absolute atomic E-state index is 13.8. The molecular weight excluding hydrogens is 331 g/mol. The van der Waals surface area contributed by atoms with Crippen LogP contribution in [0.15, 0.2) is 42.5 Å². The first-order valence-corrected chi connectivity index (χ1v) is 8.05. The number of benzene rings is 2. The maximum Gasteiger partial charge on any atom is 0.228 e. The normalized spacial score (nSPS) is 14.1. The highest BCUT2D eigenvalue weighted by atomic mass is 35.5. The van der Waals surface area contributed by atoms with Crippen LogP contribution in [0.25, 0.3) is 0 Å². The highest BCUT2D eigenvalue weighted by molar-refractivity contribution is 6.30. The molecule has 0 aliphatic carbocycles. The van der Waals surface area contributed by atoms with Gasteiger partial charge in [-0.2, -0.15) is 0 Å². The number of nitrogens with one attached hydrogen (secondary N) is 1. The monoisotopic (exact) mass is 346 g/mol. The van der Waals surface area contributed by atoms with E-state index in [0.29, 0.717) is 23.7 Å². The highest BCUT2D eigenvalue weighted by Gasteiger charge is 2.21. The van der Waals surface area contributed by atoms with Gasteiger partial charge < -0.3 is 10.2 Å². The first-order valence-electron chi connectivity index (χ1n) is 7.67. The summed E-state index contributed by atoms with van der Waals surface area (Å²) in [4.78, 5) is 25.6. The summed E-state index contributed by atoms with van der Waals surface area (Å²) in [5, 5.41) is 3.03. The topological polar surface area (TPSA) is 49.4 Å². The number of carbonyl (C=O) groups is 2. The lowest BCUT2D eigenvalue weighted by Gasteiger charge is -2.16. The second-order valence-corrected chi connectivity index (χ2v) is 6.10. The molecule has 0 spiro atoms. The van der Waals surface area contributed by atoms with Gasteiger partial charge in [-0.15, -0.1) is 0 Å². The molecule has 1 aliphatic heterocycles. The predicted octanol–water partition coefficient (Wildman–Crippen LogP) is 3.79. The van der Waals surface area contributed by atoms with Crippen LogP contribution in [0.1, 0.15) is 18.4 Å². The van der Waals surface area contributed by atoms with E-state index in [0.717, 1.165) is 12.1 Å². The molecule has 0 aromatic heterocycles. The lowest BCUT2D eigenvalue weighted by atomic mass is 10.1. The van der Waals surface area contributed by atoms with Crippen molar-refractivity contribution in [3.8, 4) is 0 Å². The smallest absolute Gasteiger partial charge is 0.228 e. The molecule has 24 heavy (non-hydrogen) atoms. The zero-order valence-electron chi connectivity index (χ0n) is 12.9. The van der Waals surface area contributed by atoms with Gasteiger partial charge in [0, 0.05) is 29.4 Å². The fourth-order valence-electron chi connectivity index (χ4n) is 2.72. The number of rotatable bonds is 4. The molecule has 1 fully saturated rings. The van der Waals surface area contributed by atoms with E-state index in [1.54, 1.807) is 29.2 Å². The van der Waals surface area contributed by atoms with Crippen molar-refractivity contribution in [2.75, 3.05) is 16.8 Å². The van der Waals surface area contributed by atoms with Crippen molar-refractivity contribution in [2.45, 2.75) is 19.3 Å². The fraction of sp³-hybridized carbons (Fsp3) is 0.222. The van der Waals surface area contributed by atoms with Gasteiger partial charge in [-0.05, 0) is 42.3 Å². The van der Waals surface area contributed by atoms with E-state index in [9.17, 15) is 14.0 Å². The maximum atomic E-state index is 13.8. The Balaban J connectivity index is 1.69. The number of carbonyl (C=O) groups excluding carboxylic acids is 2. The van der Waals surface area contributed by atoms with Gasteiger partial charge in [-0.3, -0.25) is 9.59 Å². The Morgan fingerprint density at radius 3 is 2.79 bits per heavy atom. The number of nitrogens with zero attached hydrogens (tertiary/aromatic N) is 1. The van der Waals surface area contributed by atoms with Gasteiger partial charge in [0.2, 0.25) is 11.8 Å². The minimum Gasteiger partial charge on any atom is -0.326 e. The quantitative estimate of drug-likeness (QED) is 0.915. The Hall–Kier alpha value is -2.40. The standard InChI is InChI=1S/C18H16ClFN2O2/c19-13-7-6-12(16(20)10-13)9-17(23)21-14-3-1-4-15(11-14)22-8-2-5-18(22)24/h1,3-4,6-7,10-11H,2,5,8-9H2,(H,21,23). The third-order valence-corrected chi connectivity index (χ3v) is 4.12. The van der Waals surface area contributed by atoms with Crippen LogP contribution in [0.5, 0.6) is 0 Å². The van der Waals surface area contributed by atoms with Gasteiger partial charge in [0.1, 0.15) is 5.82 Å². The van der Waals surface area contributed by atoms with Crippen molar-refractivity contribution in [3.63, 3.8) is 0 Å². The molecule has 1 aliphatic rings. The van der Waals surface area contributed by atoms with Gasteiger partial charge in [0.05, 0.1) is 6.42 Å². The third-order valence-electron chi connectivity index (χ3n) is 3.88. The first kappa shape index (κ1) is 16.5. The first-order chi connectivity index (χ1) is 11.5. The Morgan fingerprint density at radius 2 is 2.08 bits per heavy atom. The van der Waals surface area contributed by atoms with E-state index in [1.807, 2.05) is 6.07 Å². The van der Waals surface area contributed by atoms with Gasteiger partial charge in [0.15, 0.2) is 0 Å². The molecule has 0 unspecified atom stereocenters. The number of hydrogen-bond acceptors (Lipinski definition) is 2. The van der Waals surface area contributed by atoms with Crippen LogP contribution < -0.4 is 10.2 Å². The van der Waals surface area contributed by atoms with Crippen molar-refractivity contribution < 1.29 is 14.0 Å². The molecule has 3 rings (SSSR count). The van der Waals surface area contributed by atoms with E-state index in [4.69, 9.17) is 11.6 Å². The van der Waals surface area contributed by atoms with E-state index in [-0.39, 0.29) is 23.8 Å². The van der Waals surface area contributed by atoms with Crippen molar-refractivity contribution in [1.82, 2.24) is 0 Å². The molecule has 0 bridgehead atoms. The van der Waals surface area contributed by atoms with E-state index >= 15 is 0 Å². The zero-order valence-corrected chi connectivity index (χ0v) is 13.6. The number of amides is 2. The van der Waals surface area contributed by atoms with E-state index in [2.05, 4.69) is 5.32 Å². The third kappa shape index (κ3) is 3.74. The molecule has 2 amide bonds.